The molecule has 3 nitrogen and oxygen atoms in total. The molecule has 0 saturated carbocycles. The van der Waals surface area contributed by atoms with Gasteiger partial charge in [0, 0.05) is 32.3 Å². The Kier molecular flexibility index (Phi) is 4.64. The Hall–Kier alpha value is -1.06. The lowest BCUT2D eigenvalue weighted by Crippen LogP contribution is -2.60. The van der Waals surface area contributed by atoms with Crippen LogP contribution in [0.5, 0.6) is 0 Å². The molecule has 3 heteroatoms. The molecule has 118 valence electrons. The Bertz CT molecular complexity index is 482. The number of hydrogen-bond donors (Lipinski definition) is 1. The number of hydrogen-bond acceptors (Lipinski definition) is 3. The predicted octanol–water partition coefficient (Wildman–Crippen LogP) is 3.42. The lowest BCUT2D eigenvalue weighted by atomic mass is 9.78. The van der Waals surface area contributed by atoms with Crippen LogP contribution in [0.1, 0.15) is 44.2 Å². The molecule has 0 amide bonds. The van der Waals surface area contributed by atoms with E-state index in [1.54, 1.807) is 0 Å². The van der Waals surface area contributed by atoms with Gasteiger partial charge in [0.05, 0.1) is 11.1 Å². The van der Waals surface area contributed by atoms with Gasteiger partial charge in [-0.05, 0) is 56.9 Å². The van der Waals surface area contributed by atoms with Crippen LogP contribution in [0.2, 0.25) is 0 Å². The first kappa shape index (κ1) is 16.3. The molecule has 2 N–H and O–H groups in total. The number of benzene rings is 1. The van der Waals surface area contributed by atoms with Crippen LogP contribution in [0.25, 0.3) is 0 Å². The van der Waals surface area contributed by atoms with Crippen molar-refractivity contribution < 1.29 is 4.74 Å². The van der Waals surface area contributed by atoms with E-state index in [1.807, 2.05) is 0 Å². The Labute approximate surface area is 129 Å². The summed E-state index contributed by atoms with van der Waals surface area (Å²) in [5, 5.41) is 0. The normalized spacial score (nSPS) is 29.4. The minimum Gasteiger partial charge on any atom is -0.375 e. The van der Waals surface area contributed by atoms with Crippen LogP contribution < -0.4 is 10.6 Å². The Morgan fingerprint density at radius 1 is 1.24 bits per heavy atom. The fourth-order valence-electron chi connectivity index (χ4n) is 3.57. The number of ether oxygens (including phenoxy) is 1. The molecular formula is C18H30N2O. The van der Waals surface area contributed by atoms with Gasteiger partial charge in [0.15, 0.2) is 0 Å². The van der Waals surface area contributed by atoms with Crippen LogP contribution in [0.4, 0.5) is 5.69 Å². The summed E-state index contributed by atoms with van der Waals surface area (Å²) in [6, 6.07) is 6.72. The Morgan fingerprint density at radius 3 is 2.38 bits per heavy atom. The Balaban J connectivity index is 2.35. The van der Waals surface area contributed by atoms with Gasteiger partial charge in [-0.1, -0.05) is 13.0 Å². The van der Waals surface area contributed by atoms with E-state index in [1.165, 1.54) is 16.8 Å². The Morgan fingerprint density at radius 2 is 1.86 bits per heavy atom. The smallest absolute Gasteiger partial charge is 0.0674 e. The highest BCUT2D eigenvalue weighted by molar-refractivity contribution is 5.53. The molecule has 0 aromatic heterocycles. The summed E-state index contributed by atoms with van der Waals surface area (Å²) in [5.41, 5.74) is 10.0. The minimum absolute atomic E-state index is 0.0107. The molecule has 1 aliphatic rings. The molecule has 1 aromatic carbocycles. The third-order valence-electron chi connectivity index (χ3n) is 5.15. The van der Waals surface area contributed by atoms with E-state index in [0.29, 0.717) is 6.54 Å². The van der Waals surface area contributed by atoms with E-state index in [2.05, 4.69) is 57.8 Å². The molecule has 1 heterocycles. The molecule has 0 aliphatic carbocycles. The topological polar surface area (TPSA) is 38.5 Å². The SMILES string of the molecule is CCC1(C)CC(CN)(N(C)c2cc(C)cc(C)c2)CCO1. The molecule has 0 bridgehead atoms. The zero-order valence-electron chi connectivity index (χ0n) is 14.2. The van der Waals surface area contributed by atoms with E-state index in [0.717, 1.165) is 25.9 Å². The van der Waals surface area contributed by atoms with Gasteiger partial charge in [0.25, 0.3) is 0 Å². The summed E-state index contributed by atoms with van der Waals surface area (Å²) in [6.07, 6.45) is 2.99. The quantitative estimate of drug-likeness (QED) is 0.923. The van der Waals surface area contributed by atoms with Gasteiger partial charge in [-0.2, -0.15) is 0 Å². The number of rotatable bonds is 4. The summed E-state index contributed by atoms with van der Waals surface area (Å²) in [5.74, 6) is 0. The van der Waals surface area contributed by atoms with Crippen molar-refractivity contribution in [2.45, 2.75) is 58.1 Å². The van der Waals surface area contributed by atoms with E-state index >= 15 is 0 Å². The molecule has 1 aliphatic heterocycles. The number of anilines is 1. The molecular weight excluding hydrogens is 260 g/mol. The van der Waals surface area contributed by atoms with Crippen molar-refractivity contribution >= 4 is 5.69 Å². The van der Waals surface area contributed by atoms with Gasteiger partial charge in [-0.3, -0.25) is 0 Å². The minimum atomic E-state index is -0.0647. The third-order valence-corrected chi connectivity index (χ3v) is 5.15. The maximum absolute atomic E-state index is 6.23. The van der Waals surface area contributed by atoms with Crippen molar-refractivity contribution in [1.29, 1.82) is 0 Å². The van der Waals surface area contributed by atoms with Gasteiger partial charge in [-0.25, -0.2) is 0 Å². The second-order valence-electron chi connectivity index (χ2n) is 6.91. The highest BCUT2D eigenvalue weighted by Gasteiger charge is 2.44. The molecule has 2 rings (SSSR count). The van der Waals surface area contributed by atoms with Crippen molar-refractivity contribution in [1.82, 2.24) is 0 Å². The second-order valence-corrected chi connectivity index (χ2v) is 6.91. The maximum Gasteiger partial charge on any atom is 0.0674 e. The van der Waals surface area contributed by atoms with Gasteiger partial charge in [0.2, 0.25) is 0 Å². The summed E-state index contributed by atoms with van der Waals surface area (Å²) in [6.45, 7) is 10.2. The average molecular weight is 290 g/mol. The van der Waals surface area contributed by atoms with Crippen LogP contribution in [0.3, 0.4) is 0 Å². The van der Waals surface area contributed by atoms with Gasteiger partial charge < -0.3 is 15.4 Å². The first-order valence-electron chi connectivity index (χ1n) is 8.00. The van der Waals surface area contributed by atoms with E-state index < -0.39 is 0 Å². The van der Waals surface area contributed by atoms with Crippen molar-refractivity contribution in [3.8, 4) is 0 Å². The van der Waals surface area contributed by atoms with E-state index in [4.69, 9.17) is 10.5 Å². The number of nitrogens with two attached hydrogens (primary N) is 1. The lowest BCUT2D eigenvalue weighted by Gasteiger charge is -2.51. The zero-order valence-corrected chi connectivity index (χ0v) is 14.2. The lowest BCUT2D eigenvalue weighted by molar-refractivity contribution is -0.0928. The number of nitrogens with zero attached hydrogens (tertiary/aromatic N) is 1. The third kappa shape index (κ3) is 3.24. The maximum atomic E-state index is 6.23. The fourth-order valence-corrected chi connectivity index (χ4v) is 3.57. The molecule has 2 unspecified atom stereocenters. The number of aryl methyl sites for hydroxylation is 2. The van der Waals surface area contributed by atoms with Crippen molar-refractivity contribution in [3.05, 3.63) is 29.3 Å². The molecule has 1 fully saturated rings. The molecule has 0 radical (unpaired) electrons. The average Bonchev–Trinajstić information content (AvgIpc) is 2.45. The zero-order chi connectivity index (χ0) is 15.7. The van der Waals surface area contributed by atoms with Crippen LogP contribution in [-0.4, -0.2) is 31.3 Å². The van der Waals surface area contributed by atoms with E-state index in [9.17, 15) is 0 Å². The van der Waals surface area contributed by atoms with Crippen LogP contribution in [-0.2, 0) is 4.74 Å². The summed E-state index contributed by atoms with van der Waals surface area (Å²) in [4.78, 5) is 2.39. The molecule has 1 aromatic rings. The van der Waals surface area contributed by atoms with Crippen molar-refractivity contribution in [3.63, 3.8) is 0 Å². The van der Waals surface area contributed by atoms with Crippen LogP contribution in [0.15, 0.2) is 18.2 Å². The van der Waals surface area contributed by atoms with Gasteiger partial charge >= 0.3 is 0 Å². The molecule has 1 saturated heterocycles. The van der Waals surface area contributed by atoms with E-state index in [-0.39, 0.29) is 11.1 Å². The number of likely N-dealkylation sites (N-methyl/N-ethyl adjacent to an activating group) is 1. The highest BCUT2D eigenvalue weighted by atomic mass is 16.5. The standard InChI is InChI=1S/C18H30N2O/c1-6-17(4)12-18(13-19,7-8-21-17)20(5)16-10-14(2)9-15(3)11-16/h9-11H,6-8,12-13,19H2,1-5H3. The van der Waals surface area contributed by atoms with Gasteiger partial charge in [-0.15, -0.1) is 0 Å². The molecule has 2 atom stereocenters. The molecule has 21 heavy (non-hydrogen) atoms. The fraction of sp³-hybridized carbons (Fsp3) is 0.667. The monoisotopic (exact) mass is 290 g/mol. The summed E-state index contributed by atoms with van der Waals surface area (Å²) >= 11 is 0. The largest absolute Gasteiger partial charge is 0.375 e. The summed E-state index contributed by atoms with van der Waals surface area (Å²) in [7, 11) is 2.18. The van der Waals surface area contributed by atoms with Gasteiger partial charge in [0.1, 0.15) is 0 Å². The predicted molar refractivity (Wildman–Crippen MR) is 90.0 cm³/mol. The first-order chi connectivity index (χ1) is 9.84. The summed E-state index contributed by atoms with van der Waals surface area (Å²) < 4.78 is 6.02. The second kappa shape index (κ2) is 5.98. The van der Waals surface area contributed by atoms with Crippen molar-refractivity contribution in [2.75, 3.05) is 25.1 Å². The highest BCUT2D eigenvalue weighted by Crippen LogP contribution is 2.39. The van der Waals surface area contributed by atoms with Crippen LogP contribution >= 0.6 is 0 Å². The van der Waals surface area contributed by atoms with Crippen LogP contribution in [0, 0.1) is 13.8 Å². The molecule has 0 spiro atoms. The van der Waals surface area contributed by atoms with Crippen molar-refractivity contribution in [2.24, 2.45) is 5.73 Å². The first-order valence-corrected chi connectivity index (χ1v) is 8.00.